The predicted octanol–water partition coefficient (Wildman–Crippen LogP) is 3.32. The van der Waals surface area contributed by atoms with Gasteiger partial charge in [-0.05, 0) is 36.8 Å². The van der Waals surface area contributed by atoms with Crippen LogP contribution in [0.15, 0.2) is 54.2 Å². The fourth-order valence-electron chi connectivity index (χ4n) is 2.66. The maximum Gasteiger partial charge on any atom is 0.201 e. The van der Waals surface area contributed by atoms with Crippen molar-refractivity contribution in [2.24, 2.45) is 0 Å². The van der Waals surface area contributed by atoms with Crippen molar-refractivity contribution in [3.05, 3.63) is 65.4 Å². The minimum Gasteiger partial charge on any atom is -0.465 e. The lowest BCUT2D eigenvalue weighted by atomic mass is 9.98. The maximum atomic E-state index is 12.6. The molecule has 4 rings (SSSR count). The first-order chi connectivity index (χ1) is 10.2. The van der Waals surface area contributed by atoms with Gasteiger partial charge in [0.15, 0.2) is 5.78 Å². The second kappa shape index (κ2) is 4.38. The molecule has 0 radical (unpaired) electrons. The largest absolute Gasteiger partial charge is 0.465 e. The third-order valence-electron chi connectivity index (χ3n) is 3.77. The molecule has 21 heavy (non-hydrogen) atoms. The van der Waals surface area contributed by atoms with E-state index in [1.807, 2.05) is 49.4 Å². The highest BCUT2D eigenvalue weighted by Crippen LogP contribution is 2.35. The van der Waals surface area contributed by atoms with Crippen LogP contribution in [0.4, 0.5) is 11.4 Å². The molecule has 0 saturated heterocycles. The van der Waals surface area contributed by atoms with E-state index in [2.05, 4.69) is 10.6 Å². The van der Waals surface area contributed by atoms with Crippen LogP contribution >= 0.6 is 0 Å². The Morgan fingerprint density at radius 3 is 2.76 bits per heavy atom. The molecule has 2 heterocycles. The summed E-state index contributed by atoms with van der Waals surface area (Å²) in [4.78, 5) is 12.6. The van der Waals surface area contributed by atoms with Crippen LogP contribution in [0.5, 0.6) is 5.75 Å². The van der Waals surface area contributed by atoms with Crippen LogP contribution in [-0.4, -0.2) is 12.0 Å². The molecule has 4 nitrogen and oxygen atoms in total. The normalized spacial score (nSPS) is 18.8. The standard InChI is InChI=1S/C17H14N2O2/c1-10-6-7-11-15(8-10)21-17-12(16(11)20)9-18-13-4-2-3-5-14(13)19-17/h2-9,17-19H,1H3/t17-/m0/s1. The van der Waals surface area contributed by atoms with Crippen molar-refractivity contribution in [1.29, 1.82) is 0 Å². The van der Waals surface area contributed by atoms with Gasteiger partial charge in [-0.3, -0.25) is 4.79 Å². The number of hydrogen-bond donors (Lipinski definition) is 2. The van der Waals surface area contributed by atoms with Crippen LogP contribution in [-0.2, 0) is 0 Å². The summed E-state index contributed by atoms with van der Waals surface area (Å²) in [6.07, 6.45) is 1.26. The van der Waals surface area contributed by atoms with Crippen molar-refractivity contribution >= 4 is 17.2 Å². The molecule has 2 aromatic carbocycles. The highest BCUT2D eigenvalue weighted by Gasteiger charge is 2.33. The zero-order chi connectivity index (χ0) is 14.4. The summed E-state index contributed by atoms with van der Waals surface area (Å²) < 4.78 is 5.98. The molecule has 4 heteroatoms. The Morgan fingerprint density at radius 1 is 1.10 bits per heavy atom. The maximum absolute atomic E-state index is 12.6. The fraction of sp³-hybridized carbons (Fsp3) is 0.118. The molecule has 0 aliphatic carbocycles. The lowest BCUT2D eigenvalue weighted by molar-refractivity contribution is 0.0974. The minimum atomic E-state index is -0.469. The van der Waals surface area contributed by atoms with E-state index in [9.17, 15) is 4.79 Å². The van der Waals surface area contributed by atoms with Gasteiger partial charge in [-0.1, -0.05) is 18.2 Å². The SMILES string of the molecule is Cc1ccc2c(c1)O[C@@H]1Nc3ccccc3NC=C1C2=O. The first-order valence-electron chi connectivity index (χ1n) is 6.86. The molecule has 0 aromatic heterocycles. The summed E-state index contributed by atoms with van der Waals surface area (Å²) >= 11 is 0. The second-order valence-corrected chi connectivity index (χ2v) is 5.26. The number of Topliss-reactive ketones (excluding diaryl/α,β-unsaturated/α-hetero) is 1. The molecule has 2 aliphatic heterocycles. The molecule has 2 aliphatic rings. The summed E-state index contributed by atoms with van der Waals surface area (Å²) in [5.74, 6) is 0.628. The number of para-hydroxylation sites is 2. The van der Waals surface area contributed by atoms with Crippen molar-refractivity contribution in [2.45, 2.75) is 13.2 Å². The molecule has 1 atom stereocenters. The number of benzene rings is 2. The Balaban J connectivity index is 1.81. The average molecular weight is 278 g/mol. The van der Waals surface area contributed by atoms with Gasteiger partial charge >= 0.3 is 0 Å². The first-order valence-corrected chi connectivity index (χ1v) is 6.86. The van der Waals surface area contributed by atoms with Crippen molar-refractivity contribution in [2.75, 3.05) is 10.6 Å². The molecular weight excluding hydrogens is 264 g/mol. The van der Waals surface area contributed by atoms with E-state index >= 15 is 0 Å². The number of aryl methyl sites for hydroxylation is 1. The lowest BCUT2D eigenvalue weighted by Gasteiger charge is -2.27. The van der Waals surface area contributed by atoms with Crippen LogP contribution in [0.2, 0.25) is 0 Å². The van der Waals surface area contributed by atoms with E-state index in [1.165, 1.54) is 0 Å². The van der Waals surface area contributed by atoms with E-state index in [-0.39, 0.29) is 5.78 Å². The van der Waals surface area contributed by atoms with E-state index in [0.29, 0.717) is 16.9 Å². The monoisotopic (exact) mass is 278 g/mol. The molecule has 0 unspecified atom stereocenters. The molecule has 0 amide bonds. The smallest absolute Gasteiger partial charge is 0.201 e. The molecule has 2 aromatic rings. The lowest BCUT2D eigenvalue weighted by Crippen LogP contribution is -2.36. The molecule has 2 N–H and O–H groups in total. The van der Waals surface area contributed by atoms with Crippen LogP contribution in [0.3, 0.4) is 0 Å². The Hall–Kier alpha value is -2.75. The van der Waals surface area contributed by atoms with Crippen LogP contribution in [0, 0.1) is 6.92 Å². The van der Waals surface area contributed by atoms with E-state index in [1.54, 1.807) is 6.20 Å². The van der Waals surface area contributed by atoms with E-state index in [0.717, 1.165) is 16.9 Å². The van der Waals surface area contributed by atoms with Crippen LogP contribution < -0.4 is 15.4 Å². The Labute approximate surface area is 122 Å². The average Bonchev–Trinajstić information content (AvgIpc) is 2.66. The fourth-order valence-corrected chi connectivity index (χ4v) is 2.66. The summed E-state index contributed by atoms with van der Waals surface area (Å²) in [6, 6.07) is 13.4. The van der Waals surface area contributed by atoms with Crippen molar-refractivity contribution in [3.8, 4) is 5.75 Å². The van der Waals surface area contributed by atoms with Gasteiger partial charge in [0, 0.05) is 6.20 Å². The van der Waals surface area contributed by atoms with Gasteiger partial charge in [0.05, 0.1) is 22.5 Å². The second-order valence-electron chi connectivity index (χ2n) is 5.26. The highest BCUT2D eigenvalue weighted by molar-refractivity contribution is 6.13. The van der Waals surface area contributed by atoms with Crippen LogP contribution in [0.1, 0.15) is 15.9 Å². The van der Waals surface area contributed by atoms with Gasteiger partial charge in [0.2, 0.25) is 6.23 Å². The number of ether oxygens (including phenoxy) is 1. The minimum absolute atomic E-state index is 0.00550. The molecule has 0 fully saturated rings. The van der Waals surface area contributed by atoms with Gasteiger partial charge in [0.1, 0.15) is 5.75 Å². The van der Waals surface area contributed by atoms with Gasteiger partial charge in [-0.2, -0.15) is 0 Å². The van der Waals surface area contributed by atoms with Crippen molar-refractivity contribution < 1.29 is 9.53 Å². The van der Waals surface area contributed by atoms with Crippen molar-refractivity contribution in [1.82, 2.24) is 0 Å². The van der Waals surface area contributed by atoms with Gasteiger partial charge in [0.25, 0.3) is 0 Å². The quantitative estimate of drug-likeness (QED) is 0.776. The summed E-state index contributed by atoms with van der Waals surface area (Å²) in [7, 11) is 0. The Morgan fingerprint density at radius 2 is 1.90 bits per heavy atom. The van der Waals surface area contributed by atoms with Crippen molar-refractivity contribution in [3.63, 3.8) is 0 Å². The zero-order valence-electron chi connectivity index (χ0n) is 11.5. The summed E-state index contributed by atoms with van der Waals surface area (Å²) in [6.45, 7) is 1.98. The summed E-state index contributed by atoms with van der Waals surface area (Å²) in [5.41, 5.74) is 4.11. The first kappa shape index (κ1) is 12.0. The predicted molar refractivity (Wildman–Crippen MR) is 81.7 cm³/mol. The molecular formula is C17H14N2O2. The van der Waals surface area contributed by atoms with Gasteiger partial charge in [-0.15, -0.1) is 0 Å². The van der Waals surface area contributed by atoms with Gasteiger partial charge in [-0.25, -0.2) is 0 Å². The van der Waals surface area contributed by atoms with Gasteiger partial charge < -0.3 is 15.4 Å². The number of nitrogens with one attached hydrogen (secondary N) is 2. The van der Waals surface area contributed by atoms with E-state index < -0.39 is 6.23 Å². The summed E-state index contributed by atoms with van der Waals surface area (Å²) in [5, 5.41) is 6.45. The number of hydrogen-bond acceptors (Lipinski definition) is 4. The third-order valence-corrected chi connectivity index (χ3v) is 3.77. The number of carbonyl (C=O) groups excluding carboxylic acids is 1. The molecule has 0 bridgehead atoms. The van der Waals surface area contributed by atoms with Crippen LogP contribution in [0.25, 0.3) is 0 Å². The number of carbonyl (C=O) groups is 1. The topological polar surface area (TPSA) is 50.4 Å². The molecule has 104 valence electrons. The van der Waals surface area contributed by atoms with E-state index in [4.69, 9.17) is 4.74 Å². The molecule has 0 spiro atoms. The number of rotatable bonds is 0. The molecule has 0 saturated carbocycles. The number of ketones is 1. The zero-order valence-corrected chi connectivity index (χ0v) is 11.5. The third kappa shape index (κ3) is 1.88. The Bertz CT molecular complexity index is 780. The number of anilines is 2. The number of fused-ring (bicyclic) bond motifs is 3. The Kier molecular flexibility index (Phi) is 2.51. The highest BCUT2D eigenvalue weighted by atomic mass is 16.5.